The van der Waals surface area contributed by atoms with Crippen molar-refractivity contribution in [1.29, 1.82) is 5.26 Å². The monoisotopic (exact) mass is 386 g/mol. The summed E-state index contributed by atoms with van der Waals surface area (Å²) in [4.78, 5) is 35.9. The van der Waals surface area contributed by atoms with Crippen molar-refractivity contribution in [3.8, 4) is 6.07 Å². The van der Waals surface area contributed by atoms with Crippen molar-refractivity contribution in [3.05, 3.63) is 69.3 Å². The Morgan fingerprint density at radius 3 is 2.50 bits per heavy atom. The smallest absolute Gasteiger partial charge is 0.270 e. The molecular formula is C18H12F2N4O4. The largest absolute Gasteiger partial charge is 0.337 e. The molecule has 1 N–H and O–H groups in total. The number of carbonyl (C=O) groups excluding carboxylic acids is 2. The second-order valence-electron chi connectivity index (χ2n) is 6.12. The number of hydrogen-bond donors (Lipinski definition) is 1. The minimum atomic E-state index is -1.14. The average molecular weight is 386 g/mol. The number of nitro groups is 1. The third-order valence-electron chi connectivity index (χ3n) is 4.30. The number of non-ortho nitro benzene ring substituents is 1. The second-order valence-corrected chi connectivity index (χ2v) is 6.12. The first-order valence-corrected chi connectivity index (χ1v) is 8.04. The topological polar surface area (TPSA) is 116 Å². The van der Waals surface area contributed by atoms with Gasteiger partial charge in [-0.15, -0.1) is 0 Å². The van der Waals surface area contributed by atoms with Crippen LogP contribution in [0.3, 0.4) is 0 Å². The Morgan fingerprint density at radius 2 is 1.89 bits per heavy atom. The molecule has 142 valence electrons. The maximum atomic E-state index is 13.2. The summed E-state index contributed by atoms with van der Waals surface area (Å²) in [6, 6.07) is 8.06. The Labute approximate surface area is 157 Å². The molecule has 1 saturated heterocycles. The van der Waals surface area contributed by atoms with Crippen molar-refractivity contribution in [3.63, 3.8) is 0 Å². The number of rotatable bonds is 4. The third kappa shape index (κ3) is 3.64. The van der Waals surface area contributed by atoms with Crippen molar-refractivity contribution in [2.45, 2.75) is 0 Å². The van der Waals surface area contributed by atoms with Crippen molar-refractivity contribution >= 4 is 23.2 Å². The number of halogens is 2. The Kier molecular flexibility index (Phi) is 5.00. The molecule has 2 aromatic rings. The van der Waals surface area contributed by atoms with Crippen LogP contribution in [0.2, 0.25) is 0 Å². The van der Waals surface area contributed by atoms with Gasteiger partial charge in [0.05, 0.1) is 22.1 Å². The maximum Gasteiger partial charge on any atom is 0.270 e. The molecule has 0 saturated carbocycles. The fraction of sp³-hybridized carbons (Fsp3) is 0.167. The predicted octanol–water partition coefficient (Wildman–Crippen LogP) is 2.46. The predicted molar refractivity (Wildman–Crippen MR) is 92.2 cm³/mol. The van der Waals surface area contributed by atoms with Crippen molar-refractivity contribution < 1.29 is 23.3 Å². The summed E-state index contributed by atoms with van der Waals surface area (Å²) in [5.74, 6) is -3.75. The normalized spacial score (nSPS) is 13.4. The molecule has 0 unspecified atom stereocenters. The van der Waals surface area contributed by atoms with E-state index < -0.39 is 34.3 Å². The second kappa shape index (κ2) is 7.40. The van der Waals surface area contributed by atoms with E-state index in [0.717, 1.165) is 30.3 Å². The van der Waals surface area contributed by atoms with E-state index in [4.69, 9.17) is 5.26 Å². The molecule has 1 fully saturated rings. The molecular weight excluding hydrogens is 374 g/mol. The minimum absolute atomic E-state index is 0.0279. The number of hydrogen-bond acceptors (Lipinski definition) is 5. The number of benzene rings is 2. The SMILES string of the molecule is N#Cc1cc([N+](=O)[O-])ccc1NC(=O)C1CN(C(=O)c2ccc(F)c(F)c2)C1. The van der Waals surface area contributed by atoms with E-state index in [1.165, 1.54) is 11.0 Å². The summed E-state index contributed by atoms with van der Waals surface area (Å²) in [5, 5.41) is 22.4. The quantitative estimate of drug-likeness (QED) is 0.640. The Morgan fingerprint density at radius 1 is 1.18 bits per heavy atom. The number of nitro benzene ring substituents is 1. The van der Waals surface area contributed by atoms with Crippen molar-refractivity contribution in [1.82, 2.24) is 4.90 Å². The lowest BCUT2D eigenvalue weighted by Gasteiger charge is -2.38. The molecule has 0 aliphatic carbocycles. The third-order valence-corrected chi connectivity index (χ3v) is 4.30. The van der Waals surface area contributed by atoms with Crippen molar-refractivity contribution in [2.75, 3.05) is 18.4 Å². The number of anilines is 1. The molecule has 2 aromatic carbocycles. The van der Waals surface area contributed by atoms with Gasteiger partial charge in [-0.05, 0) is 24.3 Å². The van der Waals surface area contributed by atoms with Gasteiger partial charge < -0.3 is 10.2 Å². The van der Waals surface area contributed by atoms with Gasteiger partial charge in [0.15, 0.2) is 11.6 Å². The number of nitriles is 1. The molecule has 3 rings (SSSR count). The van der Waals surface area contributed by atoms with Crippen LogP contribution in [0.4, 0.5) is 20.2 Å². The van der Waals surface area contributed by atoms with Crippen LogP contribution in [0.1, 0.15) is 15.9 Å². The van der Waals surface area contributed by atoms with E-state index in [0.29, 0.717) is 0 Å². The molecule has 0 spiro atoms. The highest BCUT2D eigenvalue weighted by Gasteiger charge is 2.36. The van der Waals surface area contributed by atoms with Gasteiger partial charge in [-0.2, -0.15) is 5.26 Å². The van der Waals surface area contributed by atoms with Crippen LogP contribution in [0.25, 0.3) is 0 Å². The van der Waals surface area contributed by atoms with Crippen LogP contribution in [-0.4, -0.2) is 34.7 Å². The van der Waals surface area contributed by atoms with Gasteiger partial charge in [0, 0.05) is 30.8 Å². The fourth-order valence-electron chi connectivity index (χ4n) is 2.70. The molecule has 28 heavy (non-hydrogen) atoms. The van der Waals surface area contributed by atoms with Gasteiger partial charge in [0.2, 0.25) is 5.91 Å². The van der Waals surface area contributed by atoms with Crippen LogP contribution < -0.4 is 5.32 Å². The minimum Gasteiger partial charge on any atom is -0.337 e. The number of nitrogens with one attached hydrogen (secondary N) is 1. The molecule has 0 atom stereocenters. The zero-order valence-corrected chi connectivity index (χ0v) is 14.2. The molecule has 1 heterocycles. The maximum absolute atomic E-state index is 13.2. The van der Waals surface area contributed by atoms with Gasteiger partial charge in [0.25, 0.3) is 11.6 Å². The van der Waals surface area contributed by atoms with Crippen LogP contribution in [-0.2, 0) is 4.79 Å². The zero-order valence-electron chi connectivity index (χ0n) is 14.2. The van der Waals surface area contributed by atoms with E-state index >= 15 is 0 Å². The molecule has 0 radical (unpaired) electrons. The van der Waals surface area contributed by atoms with Crippen LogP contribution in [0.15, 0.2) is 36.4 Å². The molecule has 10 heteroatoms. The van der Waals surface area contributed by atoms with E-state index in [-0.39, 0.29) is 35.6 Å². The molecule has 2 amide bonds. The summed E-state index contributed by atoms with van der Waals surface area (Å²) >= 11 is 0. The summed E-state index contributed by atoms with van der Waals surface area (Å²) in [6.45, 7) is 0.136. The highest BCUT2D eigenvalue weighted by Crippen LogP contribution is 2.25. The fourth-order valence-corrected chi connectivity index (χ4v) is 2.70. The summed E-state index contributed by atoms with van der Waals surface area (Å²) in [6.07, 6.45) is 0. The van der Waals surface area contributed by atoms with Gasteiger partial charge in [-0.25, -0.2) is 8.78 Å². The molecule has 0 aromatic heterocycles. The lowest BCUT2D eigenvalue weighted by atomic mass is 9.97. The Hall–Kier alpha value is -3.87. The Balaban J connectivity index is 1.62. The van der Waals surface area contributed by atoms with Gasteiger partial charge in [-0.3, -0.25) is 19.7 Å². The number of likely N-dealkylation sites (tertiary alicyclic amines) is 1. The van der Waals surface area contributed by atoms with Crippen LogP contribution in [0, 0.1) is 39.0 Å². The highest BCUT2D eigenvalue weighted by molar-refractivity contribution is 5.99. The lowest BCUT2D eigenvalue weighted by Crippen LogP contribution is -2.54. The van der Waals surface area contributed by atoms with E-state index in [9.17, 15) is 28.5 Å². The van der Waals surface area contributed by atoms with Gasteiger partial charge >= 0.3 is 0 Å². The van der Waals surface area contributed by atoms with Gasteiger partial charge in [0.1, 0.15) is 6.07 Å². The Bertz CT molecular complexity index is 1030. The highest BCUT2D eigenvalue weighted by atomic mass is 19.2. The lowest BCUT2D eigenvalue weighted by molar-refractivity contribution is -0.384. The van der Waals surface area contributed by atoms with E-state index in [2.05, 4.69) is 5.32 Å². The zero-order chi connectivity index (χ0) is 20.4. The number of carbonyl (C=O) groups is 2. The van der Waals surface area contributed by atoms with E-state index in [1.54, 1.807) is 6.07 Å². The average Bonchev–Trinajstić information content (AvgIpc) is 2.62. The number of amides is 2. The van der Waals surface area contributed by atoms with Crippen LogP contribution >= 0.6 is 0 Å². The molecule has 8 nitrogen and oxygen atoms in total. The molecule has 1 aliphatic rings. The van der Waals surface area contributed by atoms with E-state index in [1.807, 2.05) is 0 Å². The van der Waals surface area contributed by atoms with Crippen molar-refractivity contribution in [2.24, 2.45) is 5.92 Å². The molecule has 0 bridgehead atoms. The first-order chi connectivity index (χ1) is 13.3. The molecule has 1 aliphatic heterocycles. The standard InChI is InChI=1S/C18H12F2N4O4/c19-14-3-1-10(6-15(14)20)18(26)23-8-12(9-23)17(25)22-16-4-2-13(24(27)28)5-11(16)7-21/h1-6,12H,8-9H2,(H,22,25). The summed E-state index contributed by atoms with van der Waals surface area (Å²) in [7, 11) is 0. The first-order valence-electron chi connectivity index (χ1n) is 8.04. The first kappa shape index (κ1) is 18.9. The van der Waals surface area contributed by atoms with Gasteiger partial charge in [-0.1, -0.05) is 0 Å². The van der Waals surface area contributed by atoms with Crippen LogP contribution in [0.5, 0.6) is 0 Å². The summed E-state index contributed by atoms with van der Waals surface area (Å²) in [5.41, 5.74) is -0.235. The summed E-state index contributed by atoms with van der Waals surface area (Å²) < 4.78 is 26.2. The number of nitrogens with zero attached hydrogens (tertiary/aromatic N) is 3.